The van der Waals surface area contributed by atoms with Crippen LogP contribution in [0.25, 0.3) is 0 Å². The second-order valence-electron chi connectivity index (χ2n) is 14.7. The molecule has 0 heterocycles. The van der Waals surface area contributed by atoms with Crippen LogP contribution in [0.3, 0.4) is 0 Å². The first-order chi connectivity index (χ1) is 28.4. The Balaban J connectivity index is 6.20. The molecule has 0 aliphatic carbocycles. The lowest BCUT2D eigenvalue weighted by atomic mass is 9.99. The Hall–Kier alpha value is -6.31. The summed E-state index contributed by atoms with van der Waals surface area (Å²) < 4.78 is 0. The monoisotopic (exact) mass is 873 g/mol. The SMILES string of the molecule is CC(C)C[C@H](NC(=O)[C@H](CCC(=O)O)NC(=O)[C@H](CC(=O)O)NC(=O)[C@H](CO)NC(=O)[C@@H](N)CCCN=C(N)N)C(=O)N[C@H](C(=O)N[C@@H](CCCN=C(N)N)C(=O)O)C(C)C. The van der Waals surface area contributed by atoms with E-state index in [1.54, 1.807) is 27.7 Å². The van der Waals surface area contributed by atoms with E-state index in [9.17, 15) is 63.6 Å². The molecule has 0 unspecified atom stereocenters. The van der Waals surface area contributed by atoms with Crippen LogP contribution in [0.5, 0.6) is 0 Å². The number of aliphatic hydroxyl groups excluding tert-OH is 1. The molecule has 0 aliphatic rings. The Kier molecular flexibility index (Phi) is 25.3. The zero-order valence-corrected chi connectivity index (χ0v) is 34.7. The van der Waals surface area contributed by atoms with Crippen molar-refractivity contribution >= 4 is 65.3 Å². The molecule has 6 amide bonds. The summed E-state index contributed by atoms with van der Waals surface area (Å²) in [5.41, 5.74) is 26.9. The molecule has 0 radical (unpaired) electrons. The van der Waals surface area contributed by atoms with Gasteiger partial charge in [0.2, 0.25) is 35.4 Å². The Morgan fingerprint density at radius 3 is 1.48 bits per heavy atom. The Labute approximate surface area is 352 Å². The van der Waals surface area contributed by atoms with Crippen LogP contribution >= 0.6 is 0 Å². The standard InChI is InChI=1S/C35H63N13O13/c1-16(2)13-21(30(57)48-26(17(3)4)32(59)44-20(33(60)61)8-6-12-42-35(39)40)45-28(55)19(9-10-24(50)51)43-29(56)22(14-25(52)53)46-31(58)23(15-49)47-27(54)18(36)7-5-11-41-34(37)38/h16-23,26,49H,5-15,36H2,1-4H3,(H,43,56)(H,44,59)(H,45,55)(H,46,58)(H,47,54)(H,48,57)(H,50,51)(H,52,53)(H,60,61)(H4,37,38,41)(H4,39,40,42)/t18-,19-,20-,21-,22-,23-,26-/m0/s1. The number of guanidine groups is 2. The van der Waals surface area contributed by atoms with Gasteiger partial charge < -0.3 is 81.0 Å². The van der Waals surface area contributed by atoms with Gasteiger partial charge in [0.05, 0.1) is 19.1 Å². The fourth-order valence-corrected chi connectivity index (χ4v) is 5.37. The molecule has 0 aromatic heterocycles. The van der Waals surface area contributed by atoms with Crippen molar-refractivity contribution in [1.82, 2.24) is 31.9 Å². The summed E-state index contributed by atoms with van der Waals surface area (Å²) in [5, 5.41) is 52.2. The second kappa shape index (κ2) is 28.2. The largest absolute Gasteiger partial charge is 0.481 e. The van der Waals surface area contributed by atoms with Gasteiger partial charge in [-0.25, -0.2) is 4.79 Å². The molecule has 0 saturated heterocycles. The second-order valence-corrected chi connectivity index (χ2v) is 14.7. The van der Waals surface area contributed by atoms with Crippen molar-refractivity contribution in [3.8, 4) is 0 Å². The van der Waals surface area contributed by atoms with Gasteiger partial charge in [-0.1, -0.05) is 27.7 Å². The average molecular weight is 874 g/mol. The molecule has 0 bridgehead atoms. The van der Waals surface area contributed by atoms with Crippen molar-refractivity contribution in [1.29, 1.82) is 0 Å². The number of carboxylic acids is 3. The number of amides is 6. The molecule has 20 N–H and O–H groups in total. The minimum absolute atomic E-state index is 0.0436. The van der Waals surface area contributed by atoms with Crippen molar-refractivity contribution in [3.05, 3.63) is 0 Å². The first-order valence-corrected chi connectivity index (χ1v) is 19.4. The summed E-state index contributed by atoms with van der Waals surface area (Å²) in [4.78, 5) is 122. The molecular formula is C35H63N13O13. The highest BCUT2D eigenvalue weighted by atomic mass is 16.4. The highest BCUT2D eigenvalue weighted by molar-refractivity contribution is 5.98. The quantitative estimate of drug-likeness (QED) is 0.0182. The highest BCUT2D eigenvalue weighted by Crippen LogP contribution is 2.11. The van der Waals surface area contributed by atoms with Gasteiger partial charge in [-0.3, -0.25) is 48.3 Å². The van der Waals surface area contributed by atoms with Gasteiger partial charge in [0, 0.05) is 19.5 Å². The number of carbonyl (C=O) groups excluding carboxylic acids is 6. The molecule has 7 atom stereocenters. The Bertz CT molecular complexity index is 1580. The van der Waals surface area contributed by atoms with Gasteiger partial charge in [-0.2, -0.15) is 0 Å². The third kappa shape index (κ3) is 23.2. The molecule has 0 aromatic carbocycles. The Morgan fingerprint density at radius 2 is 1.00 bits per heavy atom. The van der Waals surface area contributed by atoms with Crippen LogP contribution in [0.15, 0.2) is 9.98 Å². The van der Waals surface area contributed by atoms with Crippen molar-refractivity contribution in [2.24, 2.45) is 50.5 Å². The molecular weight excluding hydrogens is 810 g/mol. The minimum Gasteiger partial charge on any atom is -0.481 e. The third-order valence-electron chi connectivity index (χ3n) is 8.56. The van der Waals surface area contributed by atoms with Crippen LogP contribution in [-0.2, 0) is 43.2 Å². The number of rotatable bonds is 30. The van der Waals surface area contributed by atoms with E-state index in [0.717, 1.165) is 0 Å². The predicted octanol–water partition coefficient (Wildman–Crippen LogP) is -5.55. The summed E-state index contributed by atoms with van der Waals surface area (Å²) in [6.45, 7) is 5.78. The molecule has 0 aliphatic heterocycles. The van der Waals surface area contributed by atoms with Crippen molar-refractivity contribution in [2.45, 2.75) is 121 Å². The first kappa shape index (κ1) is 54.7. The maximum absolute atomic E-state index is 13.7. The number of nitrogens with two attached hydrogens (primary N) is 5. The summed E-state index contributed by atoms with van der Waals surface area (Å²) in [7, 11) is 0. The van der Waals surface area contributed by atoms with E-state index in [1.807, 2.05) is 0 Å². The van der Waals surface area contributed by atoms with E-state index in [4.69, 9.17) is 28.7 Å². The summed E-state index contributed by atoms with van der Waals surface area (Å²) in [5.74, 6) is -11.8. The van der Waals surface area contributed by atoms with Gasteiger partial charge in [0.1, 0.15) is 36.3 Å². The maximum atomic E-state index is 13.7. The average Bonchev–Trinajstić information content (AvgIpc) is 3.15. The lowest BCUT2D eigenvalue weighted by Crippen LogP contribution is -2.61. The number of hydrogen-bond acceptors (Lipinski definition) is 13. The lowest BCUT2D eigenvalue weighted by Gasteiger charge is -2.28. The molecule has 0 saturated carbocycles. The lowest BCUT2D eigenvalue weighted by molar-refractivity contribution is -0.143. The first-order valence-electron chi connectivity index (χ1n) is 19.4. The number of nitrogens with zero attached hydrogens (tertiary/aromatic N) is 2. The predicted molar refractivity (Wildman–Crippen MR) is 218 cm³/mol. The van der Waals surface area contributed by atoms with Crippen molar-refractivity contribution < 1.29 is 63.6 Å². The number of aliphatic hydroxyl groups is 1. The molecule has 0 aromatic rings. The van der Waals surface area contributed by atoms with Gasteiger partial charge in [-0.15, -0.1) is 0 Å². The van der Waals surface area contributed by atoms with Gasteiger partial charge in [0.15, 0.2) is 11.9 Å². The van der Waals surface area contributed by atoms with E-state index in [0.29, 0.717) is 0 Å². The van der Waals surface area contributed by atoms with Crippen molar-refractivity contribution in [2.75, 3.05) is 19.7 Å². The van der Waals surface area contributed by atoms with E-state index < -0.39 is 127 Å². The number of aliphatic imine (C=N–C) groups is 2. The van der Waals surface area contributed by atoms with E-state index in [1.165, 1.54) is 0 Å². The highest BCUT2D eigenvalue weighted by Gasteiger charge is 2.35. The van der Waals surface area contributed by atoms with E-state index in [2.05, 4.69) is 41.9 Å². The van der Waals surface area contributed by atoms with Crippen LogP contribution < -0.4 is 60.6 Å². The summed E-state index contributed by atoms with van der Waals surface area (Å²) >= 11 is 0. The van der Waals surface area contributed by atoms with Gasteiger partial charge in [0.25, 0.3) is 0 Å². The van der Waals surface area contributed by atoms with Crippen molar-refractivity contribution in [3.63, 3.8) is 0 Å². The maximum Gasteiger partial charge on any atom is 0.326 e. The number of hydrogen-bond donors (Lipinski definition) is 15. The zero-order valence-electron chi connectivity index (χ0n) is 34.7. The van der Waals surface area contributed by atoms with E-state index in [-0.39, 0.29) is 63.0 Å². The van der Waals surface area contributed by atoms with Crippen LogP contribution in [0.2, 0.25) is 0 Å². The summed E-state index contributed by atoms with van der Waals surface area (Å²) in [6.07, 6.45) is -1.92. The molecule has 26 heteroatoms. The molecule has 346 valence electrons. The van der Waals surface area contributed by atoms with E-state index >= 15 is 0 Å². The van der Waals surface area contributed by atoms with Crippen LogP contribution in [0.4, 0.5) is 0 Å². The van der Waals surface area contributed by atoms with Crippen LogP contribution in [0, 0.1) is 11.8 Å². The molecule has 0 spiro atoms. The molecule has 61 heavy (non-hydrogen) atoms. The summed E-state index contributed by atoms with van der Waals surface area (Å²) in [6, 6.07) is -10.6. The minimum atomic E-state index is -1.94. The molecule has 26 nitrogen and oxygen atoms in total. The smallest absolute Gasteiger partial charge is 0.326 e. The number of nitrogens with one attached hydrogen (secondary N) is 6. The van der Waals surface area contributed by atoms with Crippen LogP contribution in [0.1, 0.15) is 79.1 Å². The normalized spacial score (nSPS) is 14.4. The fourth-order valence-electron chi connectivity index (χ4n) is 5.37. The third-order valence-corrected chi connectivity index (χ3v) is 8.56. The molecule has 0 rings (SSSR count). The number of aliphatic carboxylic acids is 3. The fraction of sp³-hybridized carbons (Fsp3) is 0.686. The zero-order chi connectivity index (χ0) is 47.0. The van der Waals surface area contributed by atoms with Gasteiger partial charge in [-0.05, 0) is 50.4 Å². The Morgan fingerprint density at radius 1 is 0.541 bits per heavy atom. The number of carbonyl (C=O) groups is 9. The van der Waals surface area contributed by atoms with Gasteiger partial charge >= 0.3 is 17.9 Å². The number of carboxylic acid groups (broad SMARTS) is 3. The molecule has 0 fully saturated rings. The van der Waals surface area contributed by atoms with Crippen LogP contribution in [-0.4, -0.2) is 148 Å². The topological polar surface area (TPSA) is 462 Å².